The maximum Gasteiger partial charge on any atom is 0.258 e. The van der Waals surface area contributed by atoms with Gasteiger partial charge in [-0.25, -0.2) is 0 Å². The van der Waals surface area contributed by atoms with Gasteiger partial charge in [0.1, 0.15) is 0 Å². The summed E-state index contributed by atoms with van der Waals surface area (Å²) in [6, 6.07) is 27.5. The molecule has 0 spiro atoms. The molecule has 0 saturated heterocycles. The Bertz CT molecular complexity index is 1400. The van der Waals surface area contributed by atoms with Gasteiger partial charge in [0, 0.05) is 22.0 Å². The molecule has 4 nitrogen and oxygen atoms in total. The van der Waals surface area contributed by atoms with E-state index < -0.39 is 0 Å². The van der Waals surface area contributed by atoms with E-state index in [-0.39, 0.29) is 11.8 Å². The molecular weight excluding hydrogens is 467 g/mol. The molecule has 0 bridgehead atoms. The van der Waals surface area contributed by atoms with Crippen LogP contribution in [0.1, 0.15) is 37.4 Å². The fourth-order valence-corrected chi connectivity index (χ4v) is 4.60. The van der Waals surface area contributed by atoms with Gasteiger partial charge in [0.2, 0.25) is 0 Å². The first-order valence-electron chi connectivity index (χ1n) is 10.8. The highest BCUT2D eigenvalue weighted by Crippen LogP contribution is 2.33. The van der Waals surface area contributed by atoms with Crippen LogP contribution >= 0.6 is 23.2 Å². The highest BCUT2D eigenvalue weighted by molar-refractivity contribution is 6.34. The summed E-state index contributed by atoms with van der Waals surface area (Å²) >= 11 is 12.4. The number of fused-ring (bicyclic) bond motifs is 2. The Balaban J connectivity index is 1.42. The van der Waals surface area contributed by atoms with Gasteiger partial charge in [-0.15, -0.1) is 0 Å². The van der Waals surface area contributed by atoms with Crippen LogP contribution in [0.25, 0.3) is 0 Å². The second-order valence-electron chi connectivity index (χ2n) is 8.12. The van der Waals surface area contributed by atoms with Gasteiger partial charge in [-0.3, -0.25) is 9.59 Å². The van der Waals surface area contributed by atoms with Crippen LogP contribution in [0.5, 0.6) is 0 Å². The zero-order valence-electron chi connectivity index (χ0n) is 18.1. The van der Waals surface area contributed by atoms with Gasteiger partial charge in [0.05, 0.1) is 17.1 Å². The fraction of sp³-hybridized carbons (Fsp3) is 0.0714. The Morgan fingerprint density at radius 3 is 2.24 bits per heavy atom. The van der Waals surface area contributed by atoms with Crippen LogP contribution < -0.4 is 10.2 Å². The molecule has 0 unspecified atom stereocenters. The number of hydrogen-bond acceptors (Lipinski definition) is 2. The van der Waals surface area contributed by atoms with Crippen LogP contribution in [0, 0.1) is 0 Å². The summed E-state index contributed by atoms with van der Waals surface area (Å²) in [5, 5.41) is 3.85. The number of benzene rings is 4. The van der Waals surface area contributed by atoms with Crippen LogP contribution in [-0.4, -0.2) is 11.8 Å². The van der Waals surface area contributed by atoms with Crippen molar-refractivity contribution in [1.29, 1.82) is 0 Å². The van der Waals surface area contributed by atoms with E-state index in [9.17, 15) is 9.59 Å². The van der Waals surface area contributed by atoms with Crippen molar-refractivity contribution in [2.75, 3.05) is 10.2 Å². The van der Waals surface area contributed by atoms with Crippen LogP contribution in [0.2, 0.25) is 10.0 Å². The number of carbonyl (C=O) groups is 2. The Morgan fingerprint density at radius 1 is 0.765 bits per heavy atom. The first-order chi connectivity index (χ1) is 16.5. The van der Waals surface area contributed by atoms with E-state index in [2.05, 4.69) is 17.4 Å². The Labute approximate surface area is 207 Å². The average molecular weight is 487 g/mol. The summed E-state index contributed by atoms with van der Waals surface area (Å²) in [6.45, 7) is 0.467. The summed E-state index contributed by atoms with van der Waals surface area (Å²) in [4.78, 5) is 27.9. The molecule has 1 heterocycles. The second-order valence-corrected chi connectivity index (χ2v) is 8.96. The molecular formula is C28H20Cl2N2O2. The summed E-state index contributed by atoms with van der Waals surface area (Å²) in [7, 11) is 0. The van der Waals surface area contributed by atoms with Gasteiger partial charge in [0.15, 0.2) is 0 Å². The third kappa shape index (κ3) is 4.43. The summed E-state index contributed by atoms with van der Waals surface area (Å²) in [5.41, 5.74) is 5.63. The largest absolute Gasteiger partial charge is 0.322 e. The lowest BCUT2D eigenvalue weighted by Crippen LogP contribution is -2.30. The van der Waals surface area contributed by atoms with Crippen molar-refractivity contribution in [2.24, 2.45) is 0 Å². The molecule has 0 radical (unpaired) electrons. The van der Waals surface area contributed by atoms with Crippen molar-refractivity contribution < 1.29 is 9.59 Å². The maximum atomic E-state index is 13.6. The quantitative estimate of drug-likeness (QED) is 0.338. The minimum atomic E-state index is -0.306. The van der Waals surface area contributed by atoms with Crippen molar-refractivity contribution in [3.05, 3.63) is 129 Å². The minimum absolute atomic E-state index is 0.121. The van der Waals surface area contributed by atoms with Crippen LogP contribution in [0.15, 0.2) is 91.0 Å². The number of nitrogens with one attached hydrogen (secondary N) is 1. The lowest BCUT2D eigenvalue weighted by atomic mass is 10.0. The van der Waals surface area contributed by atoms with E-state index in [0.29, 0.717) is 39.8 Å². The number of amides is 2. The Hall–Kier alpha value is -3.60. The van der Waals surface area contributed by atoms with Gasteiger partial charge >= 0.3 is 0 Å². The molecule has 4 aromatic carbocycles. The molecule has 34 heavy (non-hydrogen) atoms. The van der Waals surface area contributed by atoms with Gasteiger partial charge in [-0.2, -0.15) is 0 Å². The molecule has 1 aliphatic rings. The van der Waals surface area contributed by atoms with E-state index in [1.807, 2.05) is 30.3 Å². The summed E-state index contributed by atoms with van der Waals surface area (Å²) < 4.78 is 0. The predicted octanol–water partition coefficient (Wildman–Crippen LogP) is 7.00. The van der Waals surface area contributed by atoms with Gasteiger partial charge in [-0.05, 0) is 77.7 Å². The summed E-state index contributed by atoms with van der Waals surface area (Å²) in [6.07, 6.45) is 0.711. The van der Waals surface area contributed by atoms with Crippen LogP contribution in [0.3, 0.4) is 0 Å². The van der Waals surface area contributed by atoms with Gasteiger partial charge < -0.3 is 10.2 Å². The first-order valence-corrected chi connectivity index (χ1v) is 11.6. The SMILES string of the molecule is O=C(Nc1ccc(C(=O)N2Cc3ccccc3Cc3cc(Cl)ccc32)cc1)c1ccccc1Cl. The van der Waals surface area contributed by atoms with Crippen LogP contribution in [0.4, 0.5) is 11.4 Å². The molecule has 0 atom stereocenters. The van der Waals surface area contributed by atoms with Crippen molar-refractivity contribution >= 4 is 46.4 Å². The third-order valence-corrected chi connectivity index (χ3v) is 6.48. The van der Waals surface area contributed by atoms with Crippen LogP contribution in [-0.2, 0) is 13.0 Å². The van der Waals surface area contributed by atoms with E-state index >= 15 is 0 Å². The normalized spacial score (nSPS) is 12.4. The second kappa shape index (κ2) is 9.34. The highest BCUT2D eigenvalue weighted by atomic mass is 35.5. The maximum absolute atomic E-state index is 13.6. The lowest BCUT2D eigenvalue weighted by Gasteiger charge is -2.24. The third-order valence-electron chi connectivity index (χ3n) is 5.91. The van der Waals surface area contributed by atoms with Crippen molar-refractivity contribution in [3.8, 4) is 0 Å². The average Bonchev–Trinajstić information content (AvgIpc) is 3.00. The molecule has 2 amide bonds. The number of nitrogens with zero attached hydrogens (tertiary/aromatic N) is 1. The zero-order valence-corrected chi connectivity index (χ0v) is 19.6. The number of carbonyl (C=O) groups excluding carboxylic acids is 2. The predicted molar refractivity (Wildman–Crippen MR) is 137 cm³/mol. The Kier molecular flexibility index (Phi) is 6.10. The van der Waals surface area contributed by atoms with Gasteiger partial charge in [-0.1, -0.05) is 59.6 Å². The molecule has 4 aromatic rings. The molecule has 0 aliphatic carbocycles. The number of anilines is 2. The molecule has 0 fully saturated rings. The number of rotatable bonds is 3. The molecule has 5 rings (SSSR count). The molecule has 6 heteroatoms. The summed E-state index contributed by atoms with van der Waals surface area (Å²) in [5.74, 6) is -0.427. The van der Waals surface area contributed by atoms with Crippen molar-refractivity contribution in [3.63, 3.8) is 0 Å². The molecule has 0 aromatic heterocycles. The highest BCUT2D eigenvalue weighted by Gasteiger charge is 2.25. The zero-order chi connectivity index (χ0) is 23.7. The molecule has 1 aliphatic heterocycles. The fourth-order valence-electron chi connectivity index (χ4n) is 4.18. The van der Waals surface area contributed by atoms with Gasteiger partial charge in [0.25, 0.3) is 11.8 Å². The first kappa shape index (κ1) is 22.2. The minimum Gasteiger partial charge on any atom is -0.322 e. The number of hydrogen-bond donors (Lipinski definition) is 1. The lowest BCUT2D eigenvalue weighted by molar-refractivity contribution is 0.0984. The monoisotopic (exact) mass is 486 g/mol. The molecule has 168 valence electrons. The molecule has 0 saturated carbocycles. The van der Waals surface area contributed by atoms with E-state index in [1.165, 1.54) is 5.56 Å². The molecule has 1 N–H and O–H groups in total. The number of halogens is 2. The smallest absolute Gasteiger partial charge is 0.258 e. The van der Waals surface area contributed by atoms with Crippen molar-refractivity contribution in [2.45, 2.75) is 13.0 Å². The topological polar surface area (TPSA) is 49.4 Å². The van der Waals surface area contributed by atoms with E-state index in [4.69, 9.17) is 23.2 Å². The Morgan fingerprint density at radius 2 is 1.47 bits per heavy atom. The standard InChI is InChI=1S/C28H20Cl2N2O2/c29-22-11-14-26-21(16-22)15-19-5-1-2-6-20(19)17-32(26)28(34)18-9-12-23(13-10-18)31-27(33)24-7-3-4-8-25(24)30/h1-14,16H,15,17H2,(H,31,33). The van der Waals surface area contributed by atoms with E-state index in [0.717, 1.165) is 16.8 Å². The van der Waals surface area contributed by atoms with E-state index in [1.54, 1.807) is 53.4 Å². The van der Waals surface area contributed by atoms with Crippen molar-refractivity contribution in [1.82, 2.24) is 0 Å².